The van der Waals surface area contributed by atoms with E-state index in [0.717, 1.165) is 17.7 Å². The first-order valence-electron chi connectivity index (χ1n) is 7.71. The van der Waals surface area contributed by atoms with E-state index in [0.29, 0.717) is 10.6 Å². The minimum atomic E-state index is -3.95. The third kappa shape index (κ3) is 4.21. The van der Waals surface area contributed by atoms with Gasteiger partial charge in [-0.15, -0.1) is 0 Å². The van der Waals surface area contributed by atoms with E-state index < -0.39 is 21.7 Å². The van der Waals surface area contributed by atoms with E-state index in [9.17, 15) is 18.3 Å². The van der Waals surface area contributed by atoms with Gasteiger partial charge in [0.05, 0.1) is 10.6 Å². The number of aromatic hydroxyl groups is 1. The summed E-state index contributed by atoms with van der Waals surface area (Å²) in [5, 5.41) is 19.2. The molecule has 0 unspecified atom stereocenters. The van der Waals surface area contributed by atoms with Gasteiger partial charge in [0.1, 0.15) is 11.3 Å². The maximum absolute atomic E-state index is 12.6. The fourth-order valence-electron chi connectivity index (χ4n) is 2.50. The van der Waals surface area contributed by atoms with Crippen molar-refractivity contribution in [3.8, 4) is 16.9 Å². The lowest BCUT2D eigenvalue weighted by Gasteiger charge is -2.11. The average Bonchev–Trinajstić information content (AvgIpc) is 2.61. The maximum atomic E-state index is 12.6. The number of aromatic carboxylic acids is 1. The molecule has 0 saturated carbocycles. The molecule has 138 valence electrons. The number of hydrogen-bond acceptors (Lipinski definition) is 4. The Morgan fingerprint density at radius 3 is 2.22 bits per heavy atom. The maximum Gasteiger partial charge on any atom is 0.339 e. The predicted molar refractivity (Wildman–Crippen MR) is 103 cm³/mol. The summed E-state index contributed by atoms with van der Waals surface area (Å²) in [6.45, 7) is 0. The van der Waals surface area contributed by atoms with Gasteiger partial charge in [-0.2, -0.15) is 0 Å². The van der Waals surface area contributed by atoms with Gasteiger partial charge in [0.25, 0.3) is 10.0 Å². The summed E-state index contributed by atoms with van der Waals surface area (Å²) < 4.78 is 27.6. The number of nitrogens with one attached hydrogen (secondary N) is 1. The number of anilines is 1. The van der Waals surface area contributed by atoms with Crippen molar-refractivity contribution in [2.75, 3.05) is 4.72 Å². The van der Waals surface area contributed by atoms with Gasteiger partial charge < -0.3 is 10.2 Å². The molecule has 0 aromatic heterocycles. The van der Waals surface area contributed by atoms with Gasteiger partial charge in [0.2, 0.25) is 0 Å². The van der Waals surface area contributed by atoms with E-state index in [1.807, 2.05) is 6.07 Å². The molecular weight excluding hydrogens is 390 g/mol. The molecule has 0 amide bonds. The van der Waals surface area contributed by atoms with Gasteiger partial charge in [-0.3, -0.25) is 4.72 Å². The molecule has 3 rings (SSSR count). The van der Waals surface area contributed by atoms with Crippen LogP contribution in [0.2, 0.25) is 5.02 Å². The molecule has 0 aliphatic heterocycles. The van der Waals surface area contributed by atoms with E-state index in [2.05, 4.69) is 4.72 Å². The second-order valence-electron chi connectivity index (χ2n) is 5.68. The van der Waals surface area contributed by atoms with Crippen LogP contribution in [-0.2, 0) is 10.0 Å². The number of carbonyl (C=O) groups is 1. The molecule has 0 bridgehead atoms. The number of carboxylic acid groups (broad SMARTS) is 1. The number of rotatable bonds is 5. The topological polar surface area (TPSA) is 104 Å². The fraction of sp³-hybridized carbons (Fsp3) is 0. The molecule has 3 N–H and O–H groups in total. The summed E-state index contributed by atoms with van der Waals surface area (Å²) in [6, 6.07) is 16.8. The van der Waals surface area contributed by atoms with E-state index in [4.69, 9.17) is 16.7 Å². The Morgan fingerprint density at radius 2 is 1.59 bits per heavy atom. The highest BCUT2D eigenvalue weighted by atomic mass is 35.5. The van der Waals surface area contributed by atoms with Crippen LogP contribution in [0.4, 0.5) is 5.69 Å². The van der Waals surface area contributed by atoms with E-state index in [1.54, 1.807) is 30.3 Å². The molecule has 0 atom stereocenters. The van der Waals surface area contributed by atoms with E-state index >= 15 is 0 Å². The summed E-state index contributed by atoms with van der Waals surface area (Å²) in [4.78, 5) is 10.9. The van der Waals surface area contributed by atoms with Gasteiger partial charge in [-0.1, -0.05) is 35.9 Å². The third-order valence-electron chi connectivity index (χ3n) is 3.78. The lowest BCUT2D eigenvalue weighted by atomic mass is 10.1. The molecule has 27 heavy (non-hydrogen) atoms. The van der Waals surface area contributed by atoms with Crippen molar-refractivity contribution in [2.45, 2.75) is 4.90 Å². The molecular formula is C19H14ClNO5S. The van der Waals surface area contributed by atoms with E-state index in [-0.39, 0.29) is 16.1 Å². The third-order valence-corrected chi connectivity index (χ3v) is 5.40. The number of hydrogen-bond donors (Lipinski definition) is 3. The second-order valence-corrected chi connectivity index (χ2v) is 7.80. The largest absolute Gasteiger partial charge is 0.507 e. The molecule has 0 fully saturated rings. The van der Waals surface area contributed by atoms with E-state index in [1.165, 1.54) is 18.2 Å². The van der Waals surface area contributed by atoms with Crippen LogP contribution < -0.4 is 4.72 Å². The molecule has 0 spiro atoms. The van der Waals surface area contributed by atoms with Crippen LogP contribution in [-0.4, -0.2) is 24.6 Å². The standard InChI is InChI=1S/C19H14ClNO5S/c20-14-5-1-3-12(9-14)13-4-2-6-16(10-13)27(25,26)21-15-7-8-17(19(23)24)18(22)11-15/h1-11,21-22H,(H,23,24). The molecule has 8 heteroatoms. The summed E-state index contributed by atoms with van der Waals surface area (Å²) in [5.41, 5.74) is 1.17. The summed E-state index contributed by atoms with van der Waals surface area (Å²) in [6.07, 6.45) is 0. The number of halogens is 1. The number of carboxylic acids is 1. The number of phenols is 1. The molecule has 3 aromatic carbocycles. The Labute approximate surface area is 160 Å². The van der Waals surface area contributed by atoms with Crippen LogP contribution >= 0.6 is 11.6 Å². The smallest absolute Gasteiger partial charge is 0.339 e. The SMILES string of the molecule is O=C(O)c1ccc(NS(=O)(=O)c2cccc(-c3cccc(Cl)c3)c2)cc1O. The van der Waals surface area contributed by atoms with Crippen LogP contribution in [0.3, 0.4) is 0 Å². The van der Waals surface area contributed by atoms with Crippen LogP contribution in [0.1, 0.15) is 10.4 Å². The van der Waals surface area contributed by atoms with Crippen molar-refractivity contribution in [3.05, 3.63) is 77.3 Å². The van der Waals surface area contributed by atoms with Gasteiger partial charge in [-0.05, 0) is 47.5 Å². The van der Waals surface area contributed by atoms with Crippen molar-refractivity contribution in [3.63, 3.8) is 0 Å². The first kappa shape index (κ1) is 18.8. The highest BCUT2D eigenvalue weighted by Crippen LogP contribution is 2.27. The van der Waals surface area contributed by atoms with Crippen molar-refractivity contribution in [2.24, 2.45) is 0 Å². The first-order chi connectivity index (χ1) is 12.8. The number of benzene rings is 3. The second kappa shape index (κ2) is 7.30. The van der Waals surface area contributed by atoms with Crippen molar-refractivity contribution < 1.29 is 23.4 Å². The highest BCUT2D eigenvalue weighted by Gasteiger charge is 2.17. The molecule has 0 saturated heterocycles. The van der Waals surface area contributed by atoms with Crippen molar-refractivity contribution in [1.82, 2.24) is 0 Å². The monoisotopic (exact) mass is 403 g/mol. The number of sulfonamides is 1. The quantitative estimate of drug-likeness (QED) is 0.592. The molecule has 3 aromatic rings. The average molecular weight is 404 g/mol. The Balaban J connectivity index is 1.93. The van der Waals surface area contributed by atoms with Crippen LogP contribution in [0, 0.1) is 0 Å². The minimum Gasteiger partial charge on any atom is -0.507 e. The summed E-state index contributed by atoms with van der Waals surface area (Å²) >= 11 is 5.99. The molecule has 0 aliphatic carbocycles. The van der Waals surface area contributed by atoms with Gasteiger partial charge >= 0.3 is 5.97 Å². The Hall–Kier alpha value is -3.03. The van der Waals surface area contributed by atoms with Gasteiger partial charge in [0.15, 0.2) is 0 Å². The zero-order chi connectivity index (χ0) is 19.6. The normalized spacial score (nSPS) is 11.1. The van der Waals surface area contributed by atoms with Gasteiger partial charge in [-0.25, -0.2) is 13.2 Å². The fourth-order valence-corrected chi connectivity index (χ4v) is 3.79. The van der Waals surface area contributed by atoms with Crippen molar-refractivity contribution >= 4 is 33.3 Å². The first-order valence-corrected chi connectivity index (χ1v) is 9.57. The lowest BCUT2D eigenvalue weighted by Crippen LogP contribution is -2.13. The molecule has 6 nitrogen and oxygen atoms in total. The highest BCUT2D eigenvalue weighted by molar-refractivity contribution is 7.92. The Kier molecular flexibility index (Phi) is 5.07. The van der Waals surface area contributed by atoms with Crippen LogP contribution in [0.25, 0.3) is 11.1 Å². The Morgan fingerprint density at radius 1 is 0.926 bits per heavy atom. The zero-order valence-electron chi connectivity index (χ0n) is 13.8. The Bertz CT molecular complexity index is 1130. The minimum absolute atomic E-state index is 0.0155. The molecule has 0 aliphatic rings. The predicted octanol–water partition coefficient (Wildman–Crippen LogP) is 4.21. The molecule has 0 radical (unpaired) electrons. The molecule has 0 heterocycles. The lowest BCUT2D eigenvalue weighted by molar-refractivity contribution is 0.0694. The zero-order valence-corrected chi connectivity index (χ0v) is 15.3. The van der Waals surface area contributed by atoms with Crippen molar-refractivity contribution in [1.29, 1.82) is 0 Å². The van der Waals surface area contributed by atoms with Gasteiger partial charge in [0, 0.05) is 11.1 Å². The summed E-state index contributed by atoms with van der Waals surface area (Å²) in [5.74, 6) is -1.84. The summed E-state index contributed by atoms with van der Waals surface area (Å²) in [7, 11) is -3.95. The van der Waals surface area contributed by atoms with Crippen LogP contribution in [0.15, 0.2) is 71.6 Å². The van der Waals surface area contributed by atoms with Crippen LogP contribution in [0.5, 0.6) is 5.75 Å².